The third-order valence-corrected chi connectivity index (χ3v) is 13.6. The van der Waals surface area contributed by atoms with Crippen LogP contribution in [0.3, 0.4) is 0 Å². The summed E-state index contributed by atoms with van der Waals surface area (Å²) in [5.74, 6) is 1.31. The first kappa shape index (κ1) is 42.6. The Morgan fingerprint density at radius 3 is 1.37 bits per heavy atom. The van der Waals surface area contributed by atoms with Crippen LogP contribution in [-0.4, -0.2) is 33.4 Å². The Labute approximate surface area is 344 Å². The predicted octanol–water partition coefficient (Wildman–Crippen LogP) is 6.04. The molecule has 2 saturated carbocycles. The monoisotopic (exact) mass is 870 g/mol. The number of benzene rings is 5. The van der Waals surface area contributed by atoms with E-state index in [-0.39, 0.29) is 47.1 Å². The summed E-state index contributed by atoms with van der Waals surface area (Å²) in [7, 11) is 5.51. The molecule has 0 saturated heterocycles. The van der Waals surface area contributed by atoms with E-state index in [2.05, 4.69) is 219 Å². The summed E-state index contributed by atoms with van der Waals surface area (Å²) in [5.41, 5.74) is 5.23. The van der Waals surface area contributed by atoms with Gasteiger partial charge >= 0.3 is 17.1 Å². The largest absolute Gasteiger partial charge is 2.00 e. The van der Waals surface area contributed by atoms with E-state index < -0.39 is 15.8 Å². The minimum absolute atomic E-state index is 0. The summed E-state index contributed by atoms with van der Waals surface area (Å²) in [4.78, 5) is 4.94. The van der Waals surface area contributed by atoms with Gasteiger partial charge in [-0.05, 0) is 119 Å². The molecule has 5 aromatic rings. The SMILES string of the molecule is C[C@@H](N=Cc1ccc([N+](C)(C)C)cc1)[C]1[CH][CH][CH][C]1P(c1ccccc1)c1ccccc1.[CH]1[CH][CH][C](P(c2ccccc2)c2ccccc2)[CH]1.[Fe+2].[I-]. The summed E-state index contributed by atoms with van der Waals surface area (Å²) in [5, 5.41) is 5.55. The second-order valence-corrected chi connectivity index (χ2v) is 17.5. The Morgan fingerprint density at radius 2 is 0.942 bits per heavy atom. The molecule has 0 unspecified atom stereocenters. The molecule has 0 aliphatic heterocycles. The van der Waals surface area contributed by atoms with Crippen LogP contribution >= 0.6 is 15.8 Å². The minimum Gasteiger partial charge on any atom is -1.00 e. The van der Waals surface area contributed by atoms with Gasteiger partial charge in [-0.2, -0.15) is 0 Å². The molecule has 0 N–H and O–H groups in total. The Morgan fingerprint density at radius 1 is 0.519 bits per heavy atom. The van der Waals surface area contributed by atoms with Crippen molar-refractivity contribution in [1.82, 2.24) is 4.48 Å². The van der Waals surface area contributed by atoms with Crippen molar-refractivity contribution >= 4 is 49.0 Å². The second kappa shape index (κ2) is 21.1. The van der Waals surface area contributed by atoms with Crippen molar-refractivity contribution in [1.29, 1.82) is 0 Å². The van der Waals surface area contributed by atoms with E-state index in [1.807, 2.05) is 6.21 Å². The number of aliphatic imine (C=N–C) groups is 1. The molecule has 0 heterocycles. The molecule has 0 aromatic heterocycles. The summed E-state index contributed by atoms with van der Waals surface area (Å²) in [6, 6.07) is 52.0. The number of quaternary nitrogens is 1. The topological polar surface area (TPSA) is 12.4 Å². The maximum atomic E-state index is 4.94. The summed E-state index contributed by atoms with van der Waals surface area (Å²) >= 11 is 0. The van der Waals surface area contributed by atoms with E-state index >= 15 is 0 Å². The molecule has 2 aliphatic carbocycles. The van der Waals surface area contributed by atoms with Crippen molar-refractivity contribution in [2.75, 3.05) is 21.1 Å². The summed E-state index contributed by atoms with van der Waals surface area (Å²) in [6.07, 6.45) is 17.4. The number of hydrogen-bond donors (Lipinski definition) is 0. The molecule has 262 valence electrons. The van der Waals surface area contributed by atoms with Crippen LogP contribution in [0.25, 0.3) is 0 Å². The van der Waals surface area contributed by atoms with Crippen LogP contribution in [0.2, 0.25) is 0 Å². The molecule has 7 rings (SSSR count). The van der Waals surface area contributed by atoms with Crippen molar-refractivity contribution < 1.29 is 41.0 Å². The molecule has 10 radical (unpaired) electrons. The molecule has 1 atom stereocenters. The standard InChI is InChI=1S/C29H31N2P.C17H14P.Fe.HI/c1-23(30-22-24-18-20-25(21-19-24)31(2,3)4)28-16-11-17-29(28)32(26-12-7-5-8-13-26)27-14-9-6-10-15-27;1-3-9-15(10-4-1)18(17-13-7-8-14-17)16-11-5-2-6-12-16;;/h5-23H,1-4H3;1-14H;;1H/q+1;;+2;/p-1/t23-;;;/m1.../s1. The molecule has 52 heavy (non-hydrogen) atoms. The van der Waals surface area contributed by atoms with Gasteiger partial charge in [-0.3, -0.25) is 9.48 Å². The molecule has 5 aromatic carbocycles. The van der Waals surface area contributed by atoms with E-state index in [1.165, 1.54) is 44.1 Å². The van der Waals surface area contributed by atoms with Crippen LogP contribution in [0.4, 0.5) is 5.69 Å². The fourth-order valence-corrected chi connectivity index (χ4v) is 10.8. The molecular weight excluding hydrogens is 825 g/mol. The first-order chi connectivity index (χ1) is 24.4. The molecule has 6 heteroatoms. The van der Waals surface area contributed by atoms with Crippen molar-refractivity contribution in [2.45, 2.75) is 13.0 Å². The molecular formula is C46H45FeIN2P2+2. The van der Waals surface area contributed by atoms with Gasteiger partial charge in [0.25, 0.3) is 0 Å². The van der Waals surface area contributed by atoms with E-state index in [0.29, 0.717) is 0 Å². The molecule has 0 bridgehead atoms. The molecule has 0 amide bonds. The maximum absolute atomic E-state index is 4.94. The number of hydrogen-bond acceptors (Lipinski definition) is 1. The molecule has 2 aliphatic rings. The van der Waals surface area contributed by atoms with Gasteiger partial charge in [0, 0.05) is 23.5 Å². The summed E-state index contributed by atoms with van der Waals surface area (Å²) < 4.78 is 0.813. The Bertz CT molecular complexity index is 1660. The molecule has 0 spiro atoms. The predicted molar refractivity (Wildman–Crippen MR) is 221 cm³/mol. The average Bonchev–Trinajstić information content (AvgIpc) is 3.87. The van der Waals surface area contributed by atoms with Gasteiger partial charge in [0.2, 0.25) is 0 Å². The maximum Gasteiger partial charge on any atom is 2.00 e. The van der Waals surface area contributed by atoms with Crippen molar-refractivity contribution in [2.24, 2.45) is 4.99 Å². The van der Waals surface area contributed by atoms with Gasteiger partial charge in [-0.15, -0.1) is 0 Å². The van der Waals surface area contributed by atoms with Crippen molar-refractivity contribution in [3.05, 3.63) is 213 Å². The average molecular weight is 871 g/mol. The zero-order valence-electron chi connectivity index (χ0n) is 30.1. The quantitative estimate of drug-likeness (QED) is 0.0535. The first-order valence-electron chi connectivity index (χ1n) is 17.1. The van der Waals surface area contributed by atoms with Gasteiger partial charge in [-0.1, -0.05) is 121 Å². The van der Waals surface area contributed by atoms with Crippen LogP contribution in [0.15, 0.2) is 151 Å². The Hall–Kier alpha value is -2.16. The fraction of sp³-hybridized carbons (Fsp3) is 0.109. The first-order valence-corrected chi connectivity index (χ1v) is 19.8. The van der Waals surface area contributed by atoms with Crippen LogP contribution in [0, 0.1) is 62.2 Å². The third kappa shape index (κ3) is 11.4. The van der Waals surface area contributed by atoms with Gasteiger partial charge < -0.3 is 24.0 Å². The number of halogens is 1. The molecule has 2 nitrogen and oxygen atoms in total. The zero-order valence-corrected chi connectivity index (χ0v) is 35.1. The Kier molecular flexibility index (Phi) is 17.3. The van der Waals surface area contributed by atoms with Crippen LogP contribution in [0.5, 0.6) is 0 Å². The number of rotatable bonds is 10. The van der Waals surface area contributed by atoms with Crippen molar-refractivity contribution in [3.8, 4) is 0 Å². The number of nitrogens with zero attached hydrogens (tertiary/aromatic N) is 2. The fourth-order valence-electron chi connectivity index (χ4n) is 5.96. The van der Waals surface area contributed by atoms with Crippen LogP contribution < -0.4 is 49.7 Å². The van der Waals surface area contributed by atoms with Gasteiger partial charge in [0.05, 0.1) is 27.2 Å². The van der Waals surface area contributed by atoms with E-state index in [1.54, 1.807) is 0 Å². The van der Waals surface area contributed by atoms with Gasteiger partial charge in [0.15, 0.2) is 0 Å². The van der Waals surface area contributed by atoms with E-state index in [0.717, 1.165) is 10.0 Å². The van der Waals surface area contributed by atoms with Gasteiger partial charge in [0.1, 0.15) is 5.69 Å². The van der Waals surface area contributed by atoms with E-state index in [9.17, 15) is 0 Å². The van der Waals surface area contributed by atoms with Gasteiger partial charge in [-0.25, -0.2) is 0 Å². The van der Waals surface area contributed by atoms with Crippen LogP contribution in [0.1, 0.15) is 12.5 Å². The normalized spacial score (nSPS) is 16.0. The third-order valence-electron chi connectivity index (χ3n) is 8.59. The minimum atomic E-state index is -0.621. The smallest absolute Gasteiger partial charge is 1.00 e. The zero-order chi connectivity index (χ0) is 34.8. The summed E-state index contributed by atoms with van der Waals surface area (Å²) in [6.45, 7) is 2.19. The Balaban J connectivity index is 0.000000257. The second-order valence-electron chi connectivity index (χ2n) is 13.1. The van der Waals surface area contributed by atoms with E-state index in [4.69, 9.17) is 4.99 Å². The van der Waals surface area contributed by atoms with Crippen molar-refractivity contribution in [3.63, 3.8) is 0 Å². The molecule has 2 fully saturated rings. The van der Waals surface area contributed by atoms with Crippen LogP contribution in [-0.2, 0) is 17.1 Å².